The summed E-state index contributed by atoms with van der Waals surface area (Å²) in [6, 6.07) is 5.52. The Hall–Kier alpha value is -1.14. The molecule has 23 heavy (non-hydrogen) atoms. The average Bonchev–Trinajstić information content (AvgIpc) is 2.51. The fraction of sp³-hybridized carbons (Fsp3) is 0.471. The van der Waals surface area contributed by atoms with E-state index in [2.05, 4.69) is 27.8 Å². The molecule has 4 nitrogen and oxygen atoms in total. The van der Waals surface area contributed by atoms with Gasteiger partial charge in [0.1, 0.15) is 5.78 Å². The van der Waals surface area contributed by atoms with Crippen molar-refractivity contribution in [2.24, 2.45) is 0 Å². The Bertz CT molecular complexity index is 773. The first-order valence-corrected chi connectivity index (χ1v) is 9.48. The van der Waals surface area contributed by atoms with Crippen LogP contribution in [-0.2, 0) is 11.3 Å². The SMILES string of the molecule is CCCCCn1c(SC(C)C(C)=O)nc2ccc(Br)cc2c1=O. The molecule has 6 heteroatoms. The molecule has 0 aliphatic heterocycles. The van der Waals surface area contributed by atoms with Gasteiger partial charge in [0, 0.05) is 11.0 Å². The van der Waals surface area contributed by atoms with E-state index >= 15 is 0 Å². The summed E-state index contributed by atoms with van der Waals surface area (Å²) >= 11 is 4.77. The normalized spacial score (nSPS) is 12.5. The molecule has 0 amide bonds. The van der Waals surface area contributed by atoms with Gasteiger partial charge in [-0.2, -0.15) is 0 Å². The molecule has 0 spiro atoms. The fourth-order valence-electron chi connectivity index (χ4n) is 2.22. The smallest absolute Gasteiger partial charge is 0.262 e. The molecule has 124 valence electrons. The van der Waals surface area contributed by atoms with E-state index in [0.717, 1.165) is 23.7 Å². The number of ketones is 1. The minimum atomic E-state index is -0.216. The van der Waals surface area contributed by atoms with Crippen molar-refractivity contribution in [2.45, 2.75) is 57.0 Å². The van der Waals surface area contributed by atoms with Crippen LogP contribution < -0.4 is 5.56 Å². The second kappa shape index (κ2) is 8.11. The van der Waals surface area contributed by atoms with Crippen LogP contribution in [0, 0.1) is 0 Å². The molecule has 1 heterocycles. The first kappa shape index (κ1) is 18.2. The summed E-state index contributed by atoms with van der Waals surface area (Å²) in [7, 11) is 0. The highest BCUT2D eigenvalue weighted by Gasteiger charge is 2.17. The van der Waals surface area contributed by atoms with Gasteiger partial charge in [0.15, 0.2) is 5.16 Å². The largest absolute Gasteiger partial charge is 0.299 e. The van der Waals surface area contributed by atoms with Crippen LogP contribution in [-0.4, -0.2) is 20.6 Å². The molecular weight excluding hydrogens is 376 g/mol. The quantitative estimate of drug-likeness (QED) is 0.394. The van der Waals surface area contributed by atoms with Crippen molar-refractivity contribution in [1.82, 2.24) is 9.55 Å². The van der Waals surface area contributed by atoms with E-state index in [1.165, 1.54) is 11.8 Å². The second-order valence-electron chi connectivity index (χ2n) is 5.59. The van der Waals surface area contributed by atoms with Crippen LogP contribution in [0.15, 0.2) is 32.6 Å². The third-order valence-corrected chi connectivity index (χ3v) is 5.42. The van der Waals surface area contributed by atoms with Crippen LogP contribution in [0.3, 0.4) is 0 Å². The maximum absolute atomic E-state index is 12.9. The number of Topliss-reactive ketones (excluding diaryl/α,β-unsaturated/α-hetero) is 1. The highest BCUT2D eigenvalue weighted by atomic mass is 79.9. The van der Waals surface area contributed by atoms with Gasteiger partial charge in [-0.25, -0.2) is 4.98 Å². The molecule has 1 aromatic heterocycles. The third kappa shape index (κ3) is 4.44. The molecule has 0 bridgehead atoms. The number of aromatic nitrogens is 2. The van der Waals surface area contributed by atoms with Crippen molar-refractivity contribution < 1.29 is 4.79 Å². The van der Waals surface area contributed by atoms with Gasteiger partial charge < -0.3 is 0 Å². The van der Waals surface area contributed by atoms with Crippen molar-refractivity contribution in [3.8, 4) is 0 Å². The molecule has 0 aliphatic rings. The number of fused-ring (bicyclic) bond motifs is 1. The number of thioether (sulfide) groups is 1. The van der Waals surface area contributed by atoms with E-state index in [4.69, 9.17) is 0 Å². The molecule has 0 saturated carbocycles. The minimum absolute atomic E-state index is 0.0364. The Kier molecular flexibility index (Phi) is 6.41. The predicted octanol–water partition coefficient (Wildman–Crippen LogP) is 4.42. The molecule has 0 radical (unpaired) electrons. The zero-order valence-corrected chi connectivity index (χ0v) is 16.0. The number of unbranched alkanes of at least 4 members (excludes halogenated alkanes) is 2. The predicted molar refractivity (Wildman–Crippen MR) is 99.2 cm³/mol. The monoisotopic (exact) mass is 396 g/mol. The minimum Gasteiger partial charge on any atom is -0.299 e. The Morgan fingerprint density at radius 3 is 2.78 bits per heavy atom. The molecule has 0 fully saturated rings. The van der Waals surface area contributed by atoms with E-state index in [1.807, 2.05) is 25.1 Å². The maximum Gasteiger partial charge on any atom is 0.262 e. The number of rotatable bonds is 7. The van der Waals surface area contributed by atoms with E-state index in [0.29, 0.717) is 22.6 Å². The average molecular weight is 397 g/mol. The third-order valence-electron chi connectivity index (χ3n) is 3.72. The van der Waals surface area contributed by atoms with Gasteiger partial charge in [-0.15, -0.1) is 0 Å². The number of carbonyl (C=O) groups excluding carboxylic acids is 1. The second-order valence-corrected chi connectivity index (χ2v) is 7.81. The van der Waals surface area contributed by atoms with Crippen molar-refractivity contribution in [3.63, 3.8) is 0 Å². The van der Waals surface area contributed by atoms with Crippen LogP contribution in [0.25, 0.3) is 10.9 Å². The molecule has 2 aromatic rings. The van der Waals surface area contributed by atoms with E-state index < -0.39 is 0 Å². The van der Waals surface area contributed by atoms with Crippen LogP contribution >= 0.6 is 27.7 Å². The number of hydrogen-bond acceptors (Lipinski definition) is 4. The molecule has 0 N–H and O–H groups in total. The summed E-state index contributed by atoms with van der Waals surface area (Å²) in [6.07, 6.45) is 3.09. The van der Waals surface area contributed by atoms with Gasteiger partial charge >= 0.3 is 0 Å². The van der Waals surface area contributed by atoms with Crippen molar-refractivity contribution in [3.05, 3.63) is 33.0 Å². The van der Waals surface area contributed by atoms with Gasteiger partial charge in [-0.05, 0) is 38.5 Å². The van der Waals surface area contributed by atoms with Gasteiger partial charge in [0.05, 0.1) is 16.2 Å². The van der Waals surface area contributed by atoms with E-state index in [1.54, 1.807) is 11.5 Å². The van der Waals surface area contributed by atoms with Crippen LogP contribution in [0.5, 0.6) is 0 Å². The lowest BCUT2D eigenvalue weighted by Crippen LogP contribution is -2.25. The number of hydrogen-bond donors (Lipinski definition) is 0. The zero-order chi connectivity index (χ0) is 17.0. The van der Waals surface area contributed by atoms with Gasteiger partial charge in [-0.1, -0.05) is 47.5 Å². The molecule has 2 rings (SSSR count). The molecular formula is C17H21BrN2O2S. The highest BCUT2D eigenvalue weighted by Crippen LogP contribution is 2.24. The number of halogens is 1. The van der Waals surface area contributed by atoms with Gasteiger partial charge in [-0.3, -0.25) is 14.2 Å². The summed E-state index contributed by atoms with van der Waals surface area (Å²) in [5.74, 6) is 0.0836. The number of carbonyl (C=O) groups is 1. The summed E-state index contributed by atoms with van der Waals surface area (Å²) in [5.41, 5.74) is 0.633. The molecule has 1 unspecified atom stereocenters. The lowest BCUT2D eigenvalue weighted by atomic mass is 10.2. The Labute approximate surface area is 148 Å². The van der Waals surface area contributed by atoms with Gasteiger partial charge in [0.25, 0.3) is 5.56 Å². The Morgan fingerprint density at radius 1 is 1.39 bits per heavy atom. The molecule has 0 aliphatic carbocycles. The fourth-order valence-corrected chi connectivity index (χ4v) is 3.52. The maximum atomic E-state index is 12.9. The Balaban J connectivity index is 2.52. The lowest BCUT2D eigenvalue weighted by Gasteiger charge is -2.15. The summed E-state index contributed by atoms with van der Waals surface area (Å²) in [4.78, 5) is 29.1. The van der Waals surface area contributed by atoms with Gasteiger partial charge in [0.2, 0.25) is 0 Å². The first-order chi connectivity index (χ1) is 10.9. The van der Waals surface area contributed by atoms with Crippen molar-refractivity contribution in [1.29, 1.82) is 0 Å². The Morgan fingerprint density at radius 2 is 2.13 bits per heavy atom. The highest BCUT2D eigenvalue weighted by molar-refractivity contribution is 9.10. The van der Waals surface area contributed by atoms with Crippen molar-refractivity contribution in [2.75, 3.05) is 0 Å². The summed E-state index contributed by atoms with van der Waals surface area (Å²) in [5, 5.41) is 1.02. The van der Waals surface area contributed by atoms with E-state index in [9.17, 15) is 9.59 Å². The first-order valence-electron chi connectivity index (χ1n) is 7.81. The topological polar surface area (TPSA) is 52.0 Å². The molecule has 0 saturated heterocycles. The number of benzene rings is 1. The van der Waals surface area contributed by atoms with Crippen molar-refractivity contribution >= 4 is 44.4 Å². The van der Waals surface area contributed by atoms with Crippen LogP contribution in [0.1, 0.15) is 40.0 Å². The molecule has 1 atom stereocenters. The summed E-state index contributed by atoms with van der Waals surface area (Å²) in [6.45, 7) is 6.18. The lowest BCUT2D eigenvalue weighted by molar-refractivity contribution is -0.116. The zero-order valence-electron chi connectivity index (χ0n) is 13.6. The van der Waals surface area contributed by atoms with E-state index in [-0.39, 0.29) is 16.6 Å². The number of nitrogens with zero attached hydrogens (tertiary/aromatic N) is 2. The van der Waals surface area contributed by atoms with Crippen LogP contribution in [0.2, 0.25) is 0 Å². The van der Waals surface area contributed by atoms with Crippen LogP contribution in [0.4, 0.5) is 0 Å². The molecule has 1 aromatic carbocycles. The standard InChI is InChI=1S/C17H21BrN2O2S/c1-4-5-6-9-20-16(22)14-10-13(18)7-8-15(14)19-17(20)23-12(3)11(2)21/h7-8,10,12H,4-6,9H2,1-3H3. The summed E-state index contributed by atoms with van der Waals surface area (Å²) < 4.78 is 2.58.